The average molecular weight is 291 g/mol. The minimum absolute atomic E-state index is 0. The highest BCUT2D eigenvalue weighted by Crippen LogP contribution is 2.22. The molecule has 3 heteroatoms. The van der Waals surface area contributed by atoms with E-state index in [1.165, 1.54) is 18.1 Å². The fourth-order valence-corrected chi connectivity index (χ4v) is 2.25. The molecule has 1 aromatic carbocycles. The predicted molar refractivity (Wildman–Crippen MR) is 74.8 cm³/mol. The molecule has 0 amide bonds. The van der Waals surface area contributed by atoms with Gasteiger partial charge in [-0.3, -0.25) is 0 Å². The van der Waals surface area contributed by atoms with Gasteiger partial charge in [-0.2, -0.15) is 0 Å². The highest BCUT2D eigenvalue weighted by atomic mass is 79.9. The van der Waals surface area contributed by atoms with Crippen LogP contribution in [0.2, 0.25) is 0 Å². The SMILES string of the molecule is Br.Cc1cccc(OPCCC(C)C)c1. The van der Waals surface area contributed by atoms with E-state index in [-0.39, 0.29) is 17.0 Å². The molecule has 1 aromatic rings. The Morgan fingerprint density at radius 3 is 2.67 bits per heavy atom. The Morgan fingerprint density at radius 2 is 2.07 bits per heavy atom. The van der Waals surface area contributed by atoms with E-state index in [9.17, 15) is 0 Å². The van der Waals surface area contributed by atoms with Gasteiger partial charge in [-0.1, -0.05) is 26.0 Å². The number of hydrogen-bond donors (Lipinski definition) is 0. The molecule has 0 bridgehead atoms. The third-order valence-electron chi connectivity index (χ3n) is 2.00. The molecule has 1 nitrogen and oxygen atoms in total. The first kappa shape index (κ1) is 14.9. The molecule has 0 N–H and O–H groups in total. The van der Waals surface area contributed by atoms with Gasteiger partial charge in [0, 0.05) is 6.16 Å². The van der Waals surface area contributed by atoms with Gasteiger partial charge >= 0.3 is 0 Å². The Balaban J connectivity index is 0.00000196. The van der Waals surface area contributed by atoms with Gasteiger partial charge in [-0.15, -0.1) is 17.0 Å². The summed E-state index contributed by atoms with van der Waals surface area (Å²) in [5.41, 5.74) is 1.26. The zero-order chi connectivity index (χ0) is 10.4. The summed E-state index contributed by atoms with van der Waals surface area (Å²) in [6.45, 7) is 6.58. The van der Waals surface area contributed by atoms with Gasteiger partial charge in [-0.05, 0) is 37.0 Å². The van der Waals surface area contributed by atoms with Gasteiger partial charge in [-0.25, -0.2) is 0 Å². The van der Waals surface area contributed by atoms with E-state index < -0.39 is 0 Å². The zero-order valence-electron chi connectivity index (χ0n) is 9.62. The second-order valence-corrected chi connectivity index (χ2v) is 4.99. The normalized spacial score (nSPS) is 10.7. The van der Waals surface area contributed by atoms with Gasteiger partial charge < -0.3 is 4.52 Å². The summed E-state index contributed by atoms with van der Waals surface area (Å²) in [6.07, 6.45) is 2.43. The topological polar surface area (TPSA) is 9.23 Å². The van der Waals surface area contributed by atoms with Crippen molar-refractivity contribution in [2.75, 3.05) is 6.16 Å². The molecule has 86 valence electrons. The smallest absolute Gasteiger partial charge is 0.123 e. The number of rotatable bonds is 5. The van der Waals surface area contributed by atoms with E-state index >= 15 is 0 Å². The summed E-state index contributed by atoms with van der Waals surface area (Å²) in [7, 11) is 0.599. The third-order valence-corrected chi connectivity index (χ3v) is 2.88. The summed E-state index contributed by atoms with van der Waals surface area (Å²) in [5, 5.41) is 0. The summed E-state index contributed by atoms with van der Waals surface area (Å²) < 4.78 is 5.67. The molecule has 0 radical (unpaired) electrons. The van der Waals surface area contributed by atoms with Crippen LogP contribution in [0.1, 0.15) is 25.8 Å². The number of aryl methyl sites for hydroxylation is 1. The van der Waals surface area contributed by atoms with E-state index in [1.807, 2.05) is 12.1 Å². The molecule has 0 aliphatic heterocycles. The van der Waals surface area contributed by atoms with E-state index in [1.54, 1.807) is 0 Å². The molecule has 1 rings (SSSR count). The first-order valence-electron chi connectivity index (χ1n) is 5.15. The molecule has 0 fully saturated rings. The fourth-order valence-electron chi connectivity index (χ4n) is 1.16. The molecule has 0 aliphatic carbocycles. The molecule has 0 saturated carbocycles. The summed E-state index contributed by atoms with van der Waals surface area (Å²) in [4.78, 5) is 0. The first-order chi connectivity index (χ1) is 6.68. The molecule has 15 heavy (non-hydrogen) atoms. The van der Waals surface area contributed by atoms with Crippen LogP contribution >= 0.6 is 25.8 Å². The van der Waals surface area contributed by atoms with Crippen molar-refractivity contribution < 1.29 is 4.52 Å². The highest BCUT2D eigenvalue weighted by molar-refractivity contribution is 8.93. The van der Waals surface area contributed by atoms with Crippen LogP contribution in [0.4, 0.5) is 0 Å². The molecule has 0 spiro atoms. The summed E-state index contributed by atoms with van der Waals surface area (Å²) in [6, 6.07) is 8.24. The van der Waals surface area contributed by atoms with Crippen molar-refractivity contribution in [3.8, 4) is 5.75 Å². The van der Waals surface area contributed by atoms with Crippen LogP contribution in [0.15, 0.2) is 24.3 Å². The zero-order valence-corrected chi connectivity index (χ0v) is 12.3. The van der Waals surface area contributed by atoms with E-state index in [2.05, 4.69) is 32.9 Å². The van der Waals surface area contributed by atoms with Crippen LogP contribution in [0.5, 0.6) is 5.75 Å². The average Bonchev–Trinajstić information content (AvgIpc) is 2.12. The maximum absolute atomic E-state index is 5.67. The number of benzene rings is 1. The minimum Gasteiger partial charge on any atom is -0.477 e. The van der Waals surface area contributed by atoms with Gasteiger partial charge in [0.15, 0.2) is 0 Å². The molecule has 0 aromatic heterocycles. The van der Waals surface area contributed by atoms with Crippen molar-refractivity contribution in [1.29, 1.82) is 0 Å². The highest BCUT2D eigenvalue weighted by Gasteiger charge is 1.96. The van der Waals surface area contributed by atoms with Crippen molar-refractivity contribution in [3.05, 3.63) is 29.8 Å². The van der Waals surface area contributed by atoms with E-state index in [0.29, 0.717) is 8.81 Å². The second kappa shape index (κ2) is 8.13. The number of hydrogen-bond acceptors (Lipinski definition) is 1. The standard InChI is InChI=1S/C12H19OP.BrH/c1-10(2)7-8-14-13-12-6-4-5-11(3)9-12;/h4-6,9-10,14H,7-8H2,1-3H3;1H. The molecule has 1 unspecified atom stereocenters. The number of halogens is 1. The Kier molecular flexibility index (Phi) is 8.09. The maximum atomic E-state index is 5.67. The molecule has 1 atom stereocenters. The molecular weight excluding hydrogens is 271 g/mol. The van der Waals surface area contributed by atoms with Crippen LogP contribution in [-0.2, 0) is 0 Å². The molecule has 0 aliphatic rings. The van der Waals surface area contributed by atoms with Gasteiger partial charge in [0.2, 0.25) is 0 Å². The Bertz CT molecular complexity index is 276. The summed E-state index contributed by atoms with van der Waals surface area (Å²) >= 11 is 0. The van der Waals surface area contributed by atoms with Crippen LogP contribution in [0.25, 0.3) is 0 Å². The largest absolute Gasteiger partial charge is 0.477 e. The van der Waals surface area contributed by atoms with E-state index in [0.717, 1.165) is 11.7 Å². The first-order valence-corrected chi connectivity index (χ1v) is 6.26. The molecule has 0 heterocycles. The second-order valence-electron chi connectivity index (χ2n) is 4.00. The van der Waals surface area contributed by atoms with Gasteiger partial charge in [0.1, 0.15) is 5.75 Å². The van der Waals surface area contributed by atoms with Crippen LogP contribution < -0.4 is 4.52 Å². The Morgan fingerprint density at radius 1 is 1.33 bits per heavy atom. The van der Waals surface area contributed by atoms with Crippen LogP contribution in [0, 0.1) is 12.8 Å². The summed E-state index contributed by atoms with van der Waals surface area (Å²) in [5.74, 6) is 1.79. The lowest BCUT2D eigenvalue weighted by Crippen LogP contribution is -1.90. The lowest BCUT2D eigenvalue weighted by molar-refractivity contribution is 0.597. The van der Waals surface area contributed by atoms with Gasteiger partial charge in [0.05, 0.1) is 8.81 Å². The maximum Gasteiger partial charge on any atom is 0.123 e. The van der Waals surface area contributed by atoms with E-state index in [4.69, 9.17) is 4.52 Å². The van der Waals surface area contributed by atoms with Gasteiger partial charge in [0.25, 0.3) is 0 Å². The van der Waals surface area contributed by atoms with Crippen molar-refractivity contribution >= 4 is 25.8 Å². The lowest BCUT2D eigenvalue weighted by atomic mass is 10.2. The predicted octanol–water partition coefficient (Wildman–Crippen LogP) is 4.59. The third kappa shape index (κ3) is 6.92. The Labute approximate surface area is 105 Å². The monoisotopic (exact) mass is 290 g/mol. The van der Waals surface area contributed by atoms with Crippen molar-refractivity contribution in [1.82, 2.24) is 0 Å². The molecular formula is C12H20BrOP. The minimum atomic E-state index is 0. The molecule has 0 saturated heterocycles. The van der Waals surface area contributed by atoms with Crippen molar-refractivity contribution in [2.45, 2.75) is 27.2 Å². The lowest BCUT2D eigenvalue weighted by Gasteiger charge is -2.07. The van der Waals surface area contributed by atoms with Crippen molar-refractivity contribution in [3.63, 3.8) is 0 Å². The van der Waals surface area contributed by atoms with Crippen LogP contribution in [-0.4, -0.2) is 6.16 Å². The Hall–Kier alpha value is -0.0700. The van der Waals surface area contributed by atoms with Crippen LogP contribution in [0.3, 0.4) is 0 Å². The van der Waals surface area contributed by atoms with Crippen molar-refractivity contribution in [2.24, 2.45) is 5.92 Å². The fraction of sp³-hybridized carbons (Fsp3) is 0.500. The quantitative estimate of drug-likeness (QED) is 0.569.